The Balaban J connectivity index is 1.78. The molecule has 0 amide bonds. The molecule has 0 saturated carbocycles. The highest BCUT2D eigenvalue weighted by molar-refractivity contribution is 5.90. The molecule has 146 valence electrons. The zero-order valence-corrected chi connectivity index (χ0v) is 15.9. The monoisotopic (exact) mass is 389 g/mol. The van der Waals surface area contributed by atoms with Gasteiger partial charge in [-0.2, -0.15) is 0 Å². The van der Waals surface area contributed by atoms with Crippen LogP contribution in [0.2, 0.25) is 0 Å². The predicted molar refractivity (Wildman–Crippen MR) is 110 cm³/mol. The van der Waals surface area contributed by atoms with E-state index in [0.717, 1.165) is 23.4 Å². The summed E-state index contributed by atoms with van der Waals surface area (Å²) in [6.07, 6.45) is 2.38. The van der Waals surface area contributed by atoms with Crippen molar-refractivity contribution in [2.45, 2.75) is 13.3 Å². The summed E-state index contributed by atoms with van der Waals surface area (Å²) in [6.45, 7) is 2.06. The summed E-state index contributed by atoms with van der Waals surface area (Å²) in [5.74, 6) is 0.768. The number of fused-ring (bicyclic) bond motifs is 1. The number of aromatic nitrogens is 4. The quantitative estimate of drug-likeness (QED) is 0.456. The number of hydrogen-bond donors (Lipinski definition) is 3. The first kappa shape index (κ1) is 18.4. The Morgan fingerprint density at radius 2 is 2.07 bits per heavy atom. The van der Waals surface area contributed by atoms with Crippen molar-refractivity contribution in [2.75, 3.05) is 12.4 Å². The SMILES string of the molecule is CCc1cc(Nc2nc(-c3cccc(C(=O)O)c3)nc3nc[nH]c23)ccc1OC. The smallest absolute Gasteiger partial charge is 0.335 e. The summed E-state index contributed by atoms with van der Waals surface area (Å²) in [5, 5.41) is 12.6. The number of benzene rings is 2. The fourth-order valence-electron chi connectivity index (χ4n) is 3.11. The molecule has 0 unspecified atom stereocenters. The van der Waals surface area contributed by atoms with E-state index >= 15 is 0 Å². The van der Waals surface area contributed by atoms with Gasteiger partial charge in [0.25, 0.3) is 0 Å². The molecule has 0 fully saturated rings. The number of imidazole rings is 1. The maximum absolute atomic E-state index is 11.3. The Bertz CT molecular complexity index is 1200. The van der Waals surface area contributed by atoms with Gasteiger partial charge in [-0.15, -0.1) is 0 Å². The van der Waals surface area contributed by atoms with Crippen molar-refractivity contribution in [3.63, 3.8) is 0 Å². The molecule has 8 nitrogen and oxygen atoms in total. The van der Waals surface area contributed by atoms with Crippen LogP contribution in [0, 0.1) is 0 Å². The number of aromatic amines is 1. The van der Waals surface area contributed by atoms with Crippen LogP contribution in [0.5, 0.6) is 5.75 Å². The fourth-order valence-corrected chi connectivity index (χ4v) is 3.11. The Kier molecular flexibility index (Phi) is 4.82. The van der Waals surface area contributed by atoms with Gasteiger partial charge in [-0.3, -0.25) is 0 Å². The normalized spacial score (nSPS) is 10.8. The van der Waals surface area contributed by atoms with Gasteiger partial charge in [0.05, 0.1) is 19.0 Å². The Morgan fingerprint density at radius 3 is 2.83 bits per heavy atom. The van der Waals surface area contributed by atoms with Gasteiger partial charge >= 0.3 is 5.97 Å². The van der Waals surface area contributed by atoms with Gasteiger partial charge in [-0.25, -0.2) is 19.7 Å². The van der Waals surface area contributed by atoms with Crippen molar-refractivity contribution in [2.24, 2.45) is 0 Å². The van der Waals surface area contributed by atoms with Crippen molar-refractivity contribution in [3.05, 3.63) is 59.9 Å². The van der Waals surface area contributed by atoms with Crippen LogP contribution in [-0.4, -0.2) is 38.1 Å². The van der Waals surface area contributed by atoms with Crippen molar-refractivity contribution in [3.8, 4) is 17.1 Å². The highest BCUT2D eigenvalue weighted by atomic mass is 16.5. The topological polar surface area (TPSA) is 113 Å². The van der Waals surface area contributed by atoms with Gasteiger partial charge in [-0.1, -0.05) is 19.1 Å². The maximum atomic E-state index is 11.3. The minimum atomic E-state index is -1.00. The number of rotatable bonds is 6. The van der Waals surface area contributed by atoms with Crippen LogP contribution in [0.3, 0.4) is 0 Å². The number of nitrogens with one attached hydrogen (secondary N) is 2. The summed E-state index contributed by atoms with van der Waals surface area (Å²) in [4.78, 5) is 27.7. The van der Waals surface area contributed by atoms with E-state index in [2.05, 4.69) is 32.2 Å². The largest absolute Gasteiger partial charge is 0.496 e. The number of aryl methyl sites for hydroxylation is 1. The molecule has 0 aliphatic carbocycles. The molecule has 0 spiro atoms. The minimum absolute atomic E-state index is 0.172. The van der Waals surface area contributed by atoms with Gasteiger partial charge in [0.15, 0.2) is 17.3 Å². The molecular formula is C21H19N5O3. The zero-order valence-electron chi connectivity index (χ0n) is 15.9. The number of carboxylic acid groups (broad SMARTS) is 1. The number of aromatic carboxylic acids is 1. The van der Waals surface area contributed by atoms with E-state index in [1.807, 2.05) is 18.2 Å². The summed E-state index contributed by atoms with van der Waals surface area (Å²) in [6, 6.07) is 12.3. The Morgan fingerprint density at radius 1 is 1.21 bits per heavy atom. The molecule has 0 bridgehead atoms. The van der Waals surface area contributed by atoms with Crippen LogP contribution < -0.4 is 10.1 Å². The van der Waals surface area contributed by atoms with E-state index in [1.165, 1.54) is 6.07 Å². The number of ether oxygens (including phenoxy) is 1. The number of hydrogen-bond acceptors (Lipinski definition) is 6. The van der Waals surface area contributed by atoms with E-state index < -0.39 is 5.97 Å². The second-order valence-electron chi connectivity index (χ2n) is 6.39. The third kappa shape index (κ3) is 3.60. The van der Waals surface area contributed by atoms with Crippen LogP contribution in [0.15, 0.2) is 48.8 Å². The molecule has 3 N–H and O–H groups in total. The average molecular weight is 389 g/mol. The molecule has 0 atom stereocenters. The standard InChI is InChI=1S/C21H19N5O3/c1-3-12-10-15(7-8-16(12)29-2)24-20-17-19(23-11-22-17)25-18(26-20)13-5-4-6-14(9-13)21(27)28/h4-11H,3H2,1-2H3,(H,27,28)(H2,22,23,24,25,26). The zero-order chi connectivity index (χ0) is 20.4. The number of methoxy groups -OCH3 is 1. The van der Waals surface area contributed by atoms with E-state index in [0.29, 0.717) is 28.4 Å². The van der Waals surface area contributed by atoms with Crippen molar-refractivity contribution in [1.29, 1.82) is 0 Å². The lowest BCUT2D eigenvalue weighted by atomic mass is 10.1. The van der Waals surface area contributed by atoms with Gasteiger partial charge in [0.1, 0.15) is 11.3 Å². The van der Waals surface area contributed by atoms with E-state index in [-0.39, 0.29) is 5.56 Å². The number of nitrogens with zero attached hydrogens (tertiary/aromatic N) is 3. The van der Waals surface area contributed by atoms with Crippen molar-refractivity contribution < 1.29 is 14.6 Å². The highest BCUT2D eigenvalue weighted by Crippen LogP contribution is 2.28. The lowest BCUT2D eigenvalue weighted by Gasteiger charge is -2.12. The second-order valence-corrected chi connectivity index (χ2v) is 6.39. The molecule has 29 heavy (non-hydrogen) atoms. The first-order valence-corrected chi connectivity index (χ1v) is 9.08. The third-order valence-corrected chi connectivity index (χ3v) is 4.58. The van der Waals surface area contributed by atoms with Gasteiger partial charge in [0.2, 0.25) is 0 Å². The Hall–Kier alpha value is -3.94. The minimum Gasteiger partial charge on any atom is -0.496 e. The number of carboxylic acids is 1. The summed E-state index contributed by atoms with van der Waals surface area (Å²) >= 11 is 0. The molecule has 2 aromatic heterocycles. The van der Waals surface area contributed by atoms with Crippen LogP contribution in [0.1, 0.15) is 22.8 Å². The van der Waals surface area contributed by atoms with Crippen molar-refractivity contribution >= 4 is 28.6 Å². The first-order chi connectivity index (χ1) is 14.1. The molecule has 8 heteroatoms. The van der Waals surface area contributed by atoms with Crippen LogP contribution >= 0.6 is 0 Å². The van der Waals surface area contributed by atoms with Gasteiger partial charge < -0.3 is 20.1 Å². The Labute approximate surface area is 166 Å². The lowest BCUT2D eigenvalue weighted by Crippen LogP contribution is -2.01. The molecular weight excluding hydrogens is 370 g/mol. The van der Waals surface area contributed by atoms with E-state index in [9.17, 15) is 9.90 Å². The third-order valence-electron chi connectivity index (χ3n) is 4.58. The van der Waals surface area contributed by atoms with Crippen LogP contribution in [0.4, 0.5) is 11.5 Å². The lowest BCUT2D eigenvalue weighted by molar-refractivity contribution is 0.0697. The molecule has 4 aromatic rings. The fraction of sp³-hybridized carbons (Fsp3) is 0.143. The van der Waals surface area contributed by atoms with Gasteiger partial charge in [0, 0.05) is 11.3 Å². The predicted octanol–water partition coefficient (Wildman–Crippen LogP) is 4.03. The highest BCUT2D eigenvalue weighted by Gasteiger charge is 2.14. The van der Waals surface area contributed by atoms with Crippen LogP contribution in [-0.2, 0) is 6.42 Å². The first-order valence-electron chi connectivity index (χ1n) is 9.08. The average Bonchev–Trinajstić information content (AvgIpc) is 3.22. The molecule has 2 aromatic carbocycles. The molecule has 0 aliphatic rings. The second kappa shape index (κ2) is 7.59. The molecule has 0 saturated heterocycles. The van der Waals surface area contributed by atoms with Crippen molar-refractivity contribution in [1.82, 2.24) is 19.9 Å². The molecule has 0 radical (unpaired) electrons. The number of anilines is 2. The van der Waals surface area contributed by atoms with Crippen LogP contribution in [0.25, 0.3) is 22.6 Å². The van der Waals surface area contributed by atoms with E-state index in [4.69, 9.17) is 4.74 Å². The maximum Gasteiger partial charge on any atom is 0.335 e. The summed E-state index contributed by atoms with van der Waals surface area (Å²) in [7, 11) is 1.65. The summed E-state index contributed by atoms with van der Waals surface area (Å²) < 4.78 is 5.39. The van der Waals surface area contributed by atoms with Gasteiger partial charge in [-0.05, 0) is 42.3 Å². The molecule has 2 heterocycles. The van der Waals surface area contributed by atoms with E-state index in [1.54, 1.807) is 31.6 Å². The molecule has 0 aliphatic heterocycles. The summed E-state index contributed by atoms with van der Waals surface area (Å²) in [5.41, 5.74) is 3.84. The number of carbonyl (C=O) groups is 1. The molecule has 4 rings (SSSR count). The number of H-pyrrole nitrogens is 1.